The second-order valence-electron chi connectivity index (χ2n) is 5.23. The van der Waals surface area contributed by atoms with E-state index in [2.05, 4.69) is 10.6 Å². The highest BCUT2D eigenvalue weighted by atomic mass is 35.5. The minimum Gasteiger partial charge on any atom is -0.348 e. The van der Waals surface area contributed by atoms with Gasteiger partial charge in [0, 0.05) is 29.2 Å². The van der Waals surface area contributed by atoms with E-state index in [0.29, 0.717) is 30.0 Å². The summed E-state index contributed by atoms with van der Waals surface area (Å²) in [5.74, 6) is -0.120. The minimum absolute atomic E-state index is 0.0191. The molecule has 0 aromatic heterocycles. The van der Waals surface area contributed by atoms with Crippen LogP contribution < -0.4 is 10.6 Å². The lowest BCUT2D eigenvalue weighted by Crippen LogP contribution is -2.24. The molecule has 3 rings (SSSR count). The summed E-state index contributed by atoms with van der Waals surface area (Å²) >= 11 is 5.92. The van der Waals surface area contributed by atoms with Crippen LogP contribution in [0.3, 0.4) is 0 Å². The molecule has 0 spiro atoms. The van der Waals surface area contributed by atoms with Crippen molar-refractivity contribution < 1.29 is 9.59 Å². The summed E-state index contributed by atoms with van der Waals surface area (Å²) in [6, 6.07) is 12.7. The third-order valence-corrected chi connectivity index (χ3v) is 3.84. The fourth-order valence-corrected chi connectivity index (χ4v) is 2.67. The number of amides is 2. The van der Waals surface area contributed by atoms with E-state index in [-0.39, 0.29) is 11.8 Å². The molecule has 1 aliphatic rings. The molecule has 112 valence electrons. The molecule has 0 aliphatic carbocycles. The van der Waals surface area contributed by atoms with Gasteiger partial charge >= 0.3 is 0 Å². The fourth-order valence-electron chi connectivity index (χ4n) is 2.46. The molecule has 2 aromatic rings. The van der Waals surface area contributed by atoms with Crippen molar-refractivity contribution in [2.24, 2.45) is 0 Å². The molecule has 0 fully saturated rings. The van der Waals surface area contributed by atoms with E-state index < -0.39 is 0 Å². The van der Waals surface area contributed by atoms with Gasteiger partial charge in [-0.2, -0.15) is 0 Å². The third kappa shape index (κ3) is 3.28. The quantitative estimate of drug-likeness (QED) is 0.914. The van der Waals surface area contributed by atoms with Gasteiger partial charge in [0.25, 0.3) is 5.91 Å². The average molecular weight is 315 g/mol. The first-order chi connectivity index (χ1) is 10.6. The molecule has 2 aromatic carbocycles. The minimum atomic E-state index is -0.139. The van der Waals surface area contributed by atoms with Crippen molar-refractivity contribution in [1.29, 1.82) is 0 Å². The van der Waals surface area contributed by atoms with E-state index in [9.17, 15) is 9.59 Å². The first-order valence-electron chi connectivity index (χ1n) is 7.07. The fraction of sp³-hybridized carbons (Fsp3) is 0.176. The second-order valence-corrected chi connectivity index (χ2v) is 5.67. The smallest absolute Gasteiger partial charge is 0.251 e. The molecule has 1 heterocycles. The lowest BCUT2D eigenvalue weighted by Gasteiger charge is -2.17. The number of halogens is 1. The molecule has 0 saturated heterocycles. The van der Waals surface area contributed by atoms with E-state index in [1.165, 1.54) is 0 Å². The maximum Gasteiger partial charge on any atom is 0.251 e. The van der Waals surface area contributed by atoms with Crippen molar-refractivity contribution in [2.45, 2.75) is 19.4 Å². The molecule has 2 N–H and O–H groups in total. The molecule has 2 amide bonds. The first kappa shape index (κ1) is 14.6. The summed E-state index contributed by atoms with van der Waals surface area (Å²) < 4.78 is 0. The standard InChI is InChI=1S/C17H15ClN2O2/c18-14-3-1-2-11(8-14)10-19-17(22)13-4-6-15-12(9-13)5-7-16(21)20-15/h1-4,6,8-9H,5,7,10H2,(H,19,22)(H,20,21). The largest absolute Gasteiger partial charge is 0.348 e. The van der Waals surface area contributed by atoms with Crippen LogP contribution in [-0.2, 0) is 17.8 Å². The van der Waals surface area contributed by atoms with Crippen LogP contribution in [0, 0.1) is 0 Å². The number of anilines is 1. The van der Waals surface area contributed by atoms with Crippen molar-refractivity contribution in [3.8, 4) is 0 Å². The summed E-state index contributed by atoms with van der Waals surface area (Å²) in [7, 11) is 0. The summed E-state index contributed by atoms with van der Waals surface area (Å²) in [6.45, 7) is 0.424. The number of rotatable bonds is 3. The average Bonchev–Trinajstić information content (AvgIpc) is 2.52. The second kappa shape index (κ2) is 6.20. The number of nitrogens with one attached hydrogen (secondary N) is 2. The van der Waals surface area contributed by atoms with Gasteiger partial charge in [0.2, 0.25) is 5.91 Å². The molecule has 1 aliphatic heterocycles. The van der Waals surface area contributed by atoms with E-state index >= 15 is 0 Å². The summed E-state index contributed by atoms with van der Waals surface area (Å²) in [6.07, 6.45) is 1.12. The number of fused-ring (bicyclic) bond motifs is 1. The number of aryl methyl sites for hydroxylation is 1. The molecule has 22 heavy (non-hydrogen) atoms. The maximum absolute atomic E-state index is 12.2. The van der Waals surface area contributed by atoms with Crippen LogP contribution in [0.25, 0.3) is 0 Å². The van der Waals surface area contributed by atoms with Gasteiger partial charge in [0.05, 0.1) is 0 Å². The Bertz CT molecular complexity index is 743. The highest BCUT2D eigenvalue weighted by molar-refractivity contribution is 6.30. The summed E-state index contributed by atoms with van der Waals surface area (Å²) in [5, 5.41) is 6.33. The Balaban J connectivity index is 1.69. The Morgan fingerprint density at radius 2 is 2.05 bits per heavy atom. The molecule has 0 radical (unpaired) electrons. The van der Waals surface area contributed by atoms with Crippen LogP contribution in [0.1, 0.15) is 27.9 Å². The van der Waals surface area contributed by atoms with Gasteiger partial charge in [-0.3, -0.25) is 9.59 Å². The van der Waals surface area contributed by atoms with Gasteiger partial charge in [-0.15, -0.1) is 0 Å². The Morgan fingerprint density at radius 3 is 2.86 bits per heavy atom. The summed E-state index contributed by atoms with van der Waals surface area (Å²) in [4.78, 5) is 23.6. The van der Waals surface area contributed by atoms with Crippen LogP contribution >= 0.6 is 11.6 Å². The van der Waals surface area contributed by atoms with Crippen molar-refractivity contribution in [3.63, 3.8) is 0 Å². The predicted molar refractivity (Wildman–Crippen MR) is 86.0 cm³/mol. The zero-order valence-electron chi connectivity index (χ0n) is 11.9. The Hall–Kier alpha value is -2.33. The summed E-state index contributed by atoms with van der Waals surface area (Å²) in [5.41, 5.74) is 3.33. The van der Waals surface area contributed by atoms with Gasteiger partial charge in [-0.25, -0.2) is 0 Å². The van der Waals surface area contributed by atoms with Gasteiger partial charge in [-0.1, -0.05) is 23.7 Å². The topological polar surface area (TPSA) is 58.2 Å². The molecule has 0 bridgehead atoms. The number of carbonyl (C=O) groups excluding carboxylic acids is 2. The van der Waals surface area contributed by atoms with E-state index in [1.807, 2.05) is 24.3 Å². The number of hydrogen-bond donors (Lipinski definition) is 2. The van der Waals surface area contributed by atoms with Crippen LogP contribution in [0.15, 0.2) is 42.5 Å². The SMILES string of the molecule is O=C1CCc2cc(C(=O)NCc3cccc(Cl)c3)ccc2N1. The van der Waals surface area contributed by atoms with Gasteiger partial charge in [-0.05, 0) is 47.9 Å². The lowest BCUT2D eigenvalue weighted by molar-refractivity contribution is -0.116. The van der Waals surface area contributed by atoms with Crippen LogP contribution in [0.2, 0.25) is 5.02 Å². The van der Waals surface area contributed by atoms with Crippen molar-refractivity contribution in [1.82, 2.24) is 5.32 Å². The molecule has 0 unspecified atom stereocenters. The number of carbonyl (C=O) groups is 2. The van der Waals surface area contributed by atoms with Crippen LogP contribution in [0.5, 0.6) is 0 Å². The predicted octanol–water partition coefficient (Wildman–Crippen LogP) is 3.15. The normalized spacial score (nSPS) is 13.2. The monoisotopic (exact) mass is 314 g/mol. The number of hydrogen-bond acceptors (Lipinski definition) is 2. The zero-order valence-corrected chi connectivity index (χ0v) is 12.6. The Kier molecular flexibility index (Phi) is 4.11. The number of benzene rings is 2. The van der Waals surface area contributed by atoms with Gasteiger partial charge in [0.1, 0.15) is 0 Å². The van der Waals surface area contributed by atoms with Crippen LogP contribution in [0.4, 0.5) is 5.69 Å². The molecule has 5 heteroatoms. The Labute approximate surface area is 133 Å². The zero-order chi connectivity index (χ0) is 15.5. The lowest BCUT2D eigenvalue weighted by atomic mass is 10.00. The van der Waals surface area contributed by atoms with Gasteiger partial charge in [0.15, 0.2) is 0 Å². The molecule has 0 atom stereocenters. The van der Waals surface area contributed by atoms with Crippen molar-refractivity contribution in [2.75, 3.05) is 5.32 Å². The van der Waals surface area contributed by atoms with Crippen LogP contribution in [-0.4, -0.2) is 11.8 Å². The first-order valence-corrected chi connectivity index (χ1v) is 7.45. The molecular formula is C17H15ClN2O2. The molecule has 4 nitrogen and oxygen atoms in total. The maximum atomic E-state index is 12.2. The highest BCUT2D eigenvalue weighted by Crippen LogP contribution is 2.23. The van der Waals surface area contributed by atoms with Crippen molar-refractivity contribution >= 4 is 29.1 Å². The van der Waals surface area contributed by atoms with E-state index in [0.717, 1.165) is 16.8 Å². The van der Waals surface area contributed by atoms with Gasteiger partial charge < -0.3 is 10.6 Å². The highest BCUT2D eigenvalue weighted by Gasteiger charge is 2.16. The van der Waals surface area contributed by atoms with E-state index in [4.69, 9.17) is 11.6 Å². The molecular weight excluding hydrogens is 300 g/mol. The Morgan fingerprint density at radius 1 is 1.18 bits per heavy atom. The third-order valence-electron chi connectivity index (χ3n) is 3.61. The van der Waals surface area contributed by atoms with E-state index in [1.54, 1.807) is 18.2 Å². The van der Waals surface area contributed by atoms with Crippen molar-refractivity contribution in [3.05, 3.63) is 64.2 Å². The molecule has 0 saturated carbocycles.